The van der Waals surface area contributed by atoms with Crippen molar-refractivity contribution in [2.75, 3.05) is 0 Å². The lowest BCUT2D eigenvalue weighted by Gasteiger charge is -2.11. The Hall–Kier alpha value is -2.37. The zero-order valence-electron chi connectivity index (χ0n) is 11.2. The van der Waals surface area contributed by atoms with Gasteiger partial charge in [-0.3, -0.25) is 4.79 Å². The third kappa shape index (κ3) is 2.96. The third-order valence-corrected chi connectivity index (χ3v) is 3.07. The van der Waals surface area contributed by atoms with Crippen molar-refractivity contribution in [1.82, 2.24) is 20.1 Å². The molecule has 1 heterocycles. The first-order valence-corrected chi connectivity index (χ1v) is 6.66. The Kier molecular flexibility index (Phi) is 3.37. The van der Waals surface area contributed by atoms with Crippen LogP contribution in [0.4, 0.5) is 0 Å². The molecule has 0 radical (unpaired) electrons. The summed E-state index contributed by atoms with van der Waals surface area (Å²) < 4.78 is 7.06. The molecule has 1 N–H and O–H groups in total. The van der Waals surface area contributed by atoms with E-state index in [-0.39, 0.29) is 11.9 Å². The predicted octanol–water partition coefficient (Wildman–Crippen LogP) is 1.31. The first kappa shape index (κ1) is 12.7. The molecule has 104 valence electrons. The van der Waals surface area contributed by atoms with Crippen molar-refractivity contribution in [2.45, 2.75) is 31.9 Å². The molecule has 1 aromatic carbocycles. The van der Waals surface area contributed by atoms with Gasteiger partial charge >= 0.3 is 6.01 Å². The molecule has 6 nitrogen and oxygen atoms in total. The minimum absolute atomic E-state index is 0.122. The molecular weight excluding hydrogens is 256 g/mol. The number of ether oxygens (including phenoxy) is 1. The Morgan fingerprint density at radius 3 is 2.85 bits per heavy atom. The van der Waals surface area contributed by atoms with Crippen molar-refractivity contribution in [3.05, 3.63) is 36.7 Å². The molecule has 1 saturated carbocycles. The first-order valence-electron chi connectivity index (χ1n) is 6.66. The molecule has 1 fully saturated rings. The number of nitrogens with one attached hydrogen (secondary N) is 1. The number of amides is 1. The average molecular weight is 272 g/mol. The third-order valence-electron chi connectivity index (χ3n) is 3.07. The van der Waals surface area contributed by atoms with E-state index in [1.54, 1.807) is 17.9 Å². The predicted molar refractivity (Wildman–Crippen MR) is 72.6 cm³/mol. The highest BCUT2D eigenvalue weighted by Crippen LogP contribution is 2.19. The average Bonchev–Trinajstić information content (AvgIpc) is 3.16. The summed E-state index contributed by atoms with van der Waals surface area (Å²) in [6, 6.07) is 10.1. The zero-order valence-corrected chi connectivity index (χ0v) is 11.2. The van der Waals surface area contributed by atoms with E-state index in [1.165, 1.54) is 0 Å². The molecule has 1 aliphatic carbocycles. The van der Waals surface area contributed by atoms with E-state index in [4.69, 9.17) is 4.74 Å². The first-order chi connectivity index (χ1) is 9.72. The summed E-state index contributed by atoms with van der Waals surface area (Å²) in [5.74, 6) is -0.122. The number of carbonyl (C=O) groups excluding carboxylic acids is 1. The van der Waals surface area contributed by atoms with Crippen molar-refractivity contribution < 1.29 is 9.53 Å². The molecular formula is C14H16N4O2. The number of hydrogen-bond acceptors (Lipinski definition) is 4. The quantitative estimate of drug-likeness (QED) is 0.891. The number of carbonyl (C=O) groups is 1. The highest BCUT2D eigenvalue weighted by molar-refractivity contribution is 5.81. The molecule has 0 aliphatic heterocycles. The highest BCUT2D eigenvalue weighted by Gasteiger charge is 2.26. The lowest BCUT2D eigenvalue weighted by atomic mass is 10.3. The smallest absolute Gasteiger partial charge is 0.336 e. The van der Waals surface area contributed by atoms with Crippen LogP contribution in [0.2, 0.25) is 0 Å². The van der Waals surface area contributed by atoms with Gasteiger partial charge in [-0.25, -0.2) is 4.68 Å². The molecule has 0 spiro atoms. The summed E-state index contributed by atoms with van der Waals surface area (Å²) in [5.41, 5.74) is 0.893. The molecule has 1 unspecified atom stereocenters. The monoisotopic (exact) mass is 272 g/mol. The standard InChI is InChI=1S/C14H16N4O2/c1-10(13(19)16-11-7-8-11)20-14-15-9-18(17-14)12-5-3-2-4-6-12/h2-6,9-11H,7-8H2,1H3,(H,16,19). The van der Waals surface area contributed by atoms with Gasteiger partial charge in [0.1, 0.15) is 6.33 Å². The van der Waals surface area contributed by atoms with Gasteiger partial charge in [-0.1, -0.05) is 18.2 Å². The van der Waals surface area contributed by atoms with Crippen molar-refractivity contribution in [1.29, 1.82) is 0 Å². The van der Waals surface area contributed by atoms with E-state index in [9.17, 15) is 4.79 Å². The van der Waals surface area contributed by atoms with E-state index in [0.29, 0.717) is 6.04 Å². The maximum atomic E-state index is 11.8. The summed E-state index contributed by atoms with van der Waals surface area (Å²) in [4.78, 5) is 15.8. The van der Waals surface area contributed by atoms with E-state index in [0.717, 1.165) is 18.5 Å². The lowest BCUT2D eigenvalue weighted by Crippen LogP contribution is -2.37. The van der Waals surface area contributed by atoms with Gasteiger partial charge in [0.25, 0.3) is 5.91 Å². The summed E-state index contributed by atoms with van der Waals surface area (Å²) in [7, 11) is 0. The van der Waals surface area contributed by atoms with Crippen LogP contribution in [0.5, 0.6) is 6.01 Å². The molecule has 3 rings (SSSR count). The van der Waals surface area contributed by atoms with Gasteiger partial charge in [0.2, 0.25) is 0 Å². The minimum atomic E-state index is -0.595. The van der Waals surface area contributed by atoms with Crippen LogP contribution in [-0.2, 0) is 4.79 Å². The lowest BCUT2D eigenvalue weighted by molar-refractivity contribution is -0.127. The maximum Gasteiger partial charge on any atom is 0.336 e. The molecule has 1 amide bonds. The van der Waals surface area contributed by atoms with Crippen molar-refractivity contribution in [3.63, 3.8) is 0 Å². The van der Waals surface area contributed by atoms with Gasteiger partial charge in [0.15, 0.2) is 6.10 Å². The molecule has 1 atom stereocenters. The summed E-state index contributed by atoms with van der Waals surface area (Å²) in [6.45, 7) is 1.70. The molecule has 20 heavy (non-hydrogen) atoms. The van der Waals surface area contributed by atoms with Crippen molar-refractivity contribution in [3.8, 4) is 11.7 Å². The van der Waals surface area contributed by atoms with Crippen LogP contribution in [-0.4, -0.2) is 32.8 Å². The largest absolute Gasteiger partial charge is 0.449 e. The van der Waals surface area contributed by atoms with E-state index in [1.807, 2.05) is 30.3 Å². The summed E-state index contributed by atoms with van der Waals surface area (Å²) >= 11 is 0. The molecule has 6 heteroatoms. The van der Waals surface area contributed by atoms with Gasteiger partial charge in [-0.15, -0.1) is 5.10 Å². The maximum absolute atomic E-state index is 11.8. The van der Waals surface area contributed by atoms with Crippen LogP contribution >= 0.6 is 0 Å². The number of aromatic nitrogens is 3. The molecule has 0 saturated heterocycles. The Balaban J connectivity index is 1.63. The van der Waals surface area contributed by atoms with Gasteiger partial charge in [-0.05, 0) is 31.9 Å². The van der Waals surface area contributed by atoms with Crippen molar-refractivity contribution >= 4 is 5.91 Å². The summed E-state index contributed by atoms with van der Waals surface area (Å²) in [5, 5.41) is 7.09. The topological polar surface area (TPSA) is 69.0 Å². The van der Waals surface area contributed by atoms with Crippen LogP contribution in [0.25, 0.3) is 5.69 Å². The second kappa shape index (κ2) is 5.32. The van der Waals surface area contributed by atoms with Gasteiger partial charge in [0.05, 0.1) is 5.69 Å². The normalized spacial score (nSPS) is 15.7. The SMILES string of the molecule is CC(Oc1ncn(-c2ccccc2)n1)C(=O)NC1CC1. The Bertz CT molecular complexity index is 592. The number of para-hydroxylation sites is 1. The van der Waals surface area contributed by atoms with E-state index >= 15 is 0 Å². The van der Waals surface area contributed by atoms with Crippen LogP contribution < -0.4 is 10.1 Å². The van der Waals surface area contributed by atoms with Crippen molar-refractivity contribution in [2.24, 2.45) is 0 Å². The van der Waals surface area contributed by atoms with Crippen LogP contribution in [0.1, 0.15) is 19.8 Å². The van der Waals surface area contributed by atoms with E-state index < -0.39 is 6.10 Å². The Morgan fingerprint density at radius 1 is 1.40 bits per heavy atom. The molecule has 1 aliphatic rings. The fourth-order valence-corrected chi connectivity index (χ4v) is 1.76. The summed E-state index contributed by atoms with van der Waals surface area (Å²) in [6.07, 6.45) is 3.08. The van der Waals surface area contributed by atoms with Crippen LogP contribution in [0.3, 0.4) is 0 Å². The van der Waals surface area contributed by atoms with Gasteiger partial charge < -0.3 is 10.1 Å². The Morgan fingerprint density at radius 2 is 2.15 bits per heavy atom. The number of hydrogen-bond donors (Lipinski definition) is 1. The molecule has 1 aromatic heterocycles. The van der Waals surface area contributed by atoms with E-state index in [2.05, 4.69) is 15.4 Å². The fourth-order valence-electron chi connectivity index (χ4n) is 1.76. The molecule has 2 aromatic rings. The second-order valence-electron chi connectivity index (χ2n) is 4.85. The van der Waals surface area contributed by atoms with Crippen LogP contribution in [0, 0.1) is 0 Å². The minimum Gasteiger partial charge on any atom is -0.449 e. The number of benzene rings is 1. The van der Waals surface area contributed by atoms with Gasteiger partial charge in [-0.2, -0.15) is 4.98 Å². The number of nitrogens with zero attached hydrogens (tertiary/aromatic N) is 3. The zero-order chi connectivity index (χ0) is 13.9. The van der Waals surface area contributed by atoms with Crippen LogP contribution in [0.15, 0.2) is 36.7 Å². The fraction of sp³-hybridized carbons (Fsp3) is 0.357. The second-order valence-corrected chi connectivity index (χ2v) is 4.85. The highest BCUT2D eigenvalue weighted by atomic mass is 16.5. The Labute approximate surface area is 116 Å². The number of rotatable bonds is 5. The van der Waals surface area contributed by atoms with Gasteiger partial charge in [0, 0.05) is 6.04 Å². The molecule has 0 bridgehead atoms.